The summed E-state index contributed by atoms with van der Waals surface area (Å²) in [4.78, 5) is 13.4. The molecule has 2 fully saturated rings. The molecule has 1 unspecified atom stereocenters. The van der Waals surface area contributed by atoms with Gasteiger partial charge in [-0.25, -0.2) is 0 Å². The van der Waals surface area contributed by atoms with Gasteiger partial charge in [0.1, 0.15) is 0 Å². The van der Waals surface area contributed by atoms with Crippen molar-refractivity contribution < 1.29 is 9.53 Å². The fraction of sp³-hybridized carbons (Fsp3) is 0.900. The zero-order valence-electron chi connectivity index (χ0n) is 9.00. The summed E-state index contributed by atoms with van der Waals surface area (Å²) in [7, 11) is 0. The minimum atomic E-state index is 0.167. The number of hydrogen-bond acceptors (Lipinski definition) is 4. The molecule has 0 aliphatic carbocycles. The lowest BCUT2D eigenvalue weighted by atomic mass is 10.2. The van der Waals surface area contributed by atoms with E-state index < -0.39 is 0 Å². The van der Waals surface area contributed by atoms with E-state index in [1.165, 1.54) is 0 Å². The van der Waals surface area contributed by atoms with Gasteiger partial charge in [0, 0.05) is 45.7 Å². The third-order valence-electron chi connectivity index (χ3n) is 2.87. The zero-order chi connectivity index (χ0) is 10.5. The minimum Gasteiger partial charge on any atom is -0.374 e. The van der Waals surface area contributed by atoms with Gasteiger partial charge < -0.3 is 15.4 Å². The van der Waals surface area contributed by atoms with Crippen LogP contribution in [0, 0.1) is 0 Å². The Labute approximate surface area is 90.1 Å². The van der Waals surface area contributed by atoms with E-state index in [0.29, 0.717) is 6.42 Å². The molecule has 2 aliphatic heterocycles. The van der Waals surface area contributed by atoms with Crippen molar-refractivity contribution in [2.45, 2.75) is 12.5 Å². The Hall–Kier alpha value is -0.650. The molecule has 0 bridgehead atoms. The number of nitrogens with zero attached hydrogens (tertiary/aromatic N) is 1. The van der Waals surface area contributed by atoms with Crippen molar-refractivity contribution >= 4 is 5.91 Å². The predicted molar refractivity (Wildman–Crippen MR) is 56.7 cm³/mol. The van der Waals surface area contributed by atoms with Crippen molar-refractivity contribution in [2.75, 3.05) is 45.9 Å². The summed E-state index contributed by atoms with van der Waals surface area (Å²) < 4.78 is 5.64. The van der Waals surface area contributed by atoms with E-state index in [4.69, 9.17) is 4.74 Å². The SMILES string of the molecule is O=C1CCN(CC2CNCCO2)CCN1. The average molecular weight is 213 g/mol. The van der Waals surface area contributed by atoms with Crippen LogP contribution in [0.2, 0.25) is 0 Å². The number of nitrogens with one attached hydrogen (secondary N) is 2. The molecule has 0 radical (unpaired) electrons. The molecular weight excluding hydrogens is 194 g/mol. The molecule has 2 saturated heterocycles. The van der Waals surface area contributed by atoms with Crippen LogP contribution in [0.1, 0.15) is 6.42 Å². The molecule has 1 amide bonds. The van der Waals surface area contributed by atoms with E-state index in [-0.39, 0.29) is 12.0 Å². The molecule has 2 rings (SSSR count). The first-order valence-corrected chi connectivity index (χ1v) is 5.66. The van der Waals surface area contributed by atoms with E-state index in [9.17, 15) is 4.79 Å². The standard InChI is InChI=1S/C10H19N3O2/c14-10-1-4-13(5-2-12-10)8-9-7-11-3-6-15-9/h9,11H,1-8H2,(H,12,14). The second-order valence-corrected chi connectivity index (χ2v) is 4.10. The van der Waals surface area contributed by atoms with Gasteiger partial charge in [0.05, 0.1) is 12.7 Å². The van der Waals surface area contributed by atoms with Crippen LogP contribution in [-0.4, -0.2) is 62.8 Å². The van der Waals surface area contributed by atoms with Crippen LogP contribution in [0.5, 0.6) is 0 Å². The van der Waals surface area contributed by atoms with Crippen LogP contribution in [-0.2, 0) is 9.53 Å². The molecular formula is C10H19N3O2. The molecule has 86 valence electrons. The van der Waals surface area contributed by atoms with Crippen LogP contribution < -0.4 is 10.6 Å². The summed E-state index contributed by atoms with van der Waals surface area (Å²) in [6.45, 7) is 6.17. The molecule has 2 aliphatic rings. The van der Waals surface area contributed by atoms with Crippen LogP contribution in [0.3, 0.4) is 0 Å². The Morgan fingerprint density at radius 1 is 1.40 bits per heavy atom. The third-order valence-corrected chi connectivity index (χ3v) is 2.87. The van der Waals surface area contributed by atoms with Gasteiger partial charge in [-0.3, -0.25) is 9.69 Å². The summed E-state index contributed by atoms with van der Waals surface area (Å²) in [5.74, 6) is 0.167. The molecule has 0 saturated carbocycles. The molecule has 0 spiro atoms. The van der Waals surface area contributed by atoms with Crippen molar-refractivity contribution in [3.63, 3.8) is 0 Å². The maximum Gasteiger partial charge on any atom is 0.221 e. The Morgan fingerprint density at radius 3 is 3.13 bits per heavy atom. The summed E-state index contributed by atoms with van der Waals surface area (Å²) in [6, 6.07) is 0. The minimum absolute atomic E-state index is 0.167. The number of amides is 1. The van der Waals surface area contributed by atoms with Crippen molar-refractivity contribution in [3.8, 4) is 0 Å². The molecule has 1 atom stereocenters. The highest BCUT2D eigenvalue weighted by Crippen LogP contribution is 2.02. The number of carbonyl (C=O) groups is 1. The lowest BCUT2D eigenvalue weighted by Crippen LogP contribution is -2.46. The fourth-order valence-electron chi connectivity index (χ4n) is 2.02. The van der Waals surface area contributed by atoms with Crippen LogP contribution in [0.25, 0.3) is 0 Å². The number of ether oxygens (including phenoxy) is 1. The Morgan fingerprint density at radius 2 is 2.33 bits per heavy atom. The first-order chi connectivity index (χ1) is 7.34. The van der Waals surface area contributed by atoms with Gasteiger partial charge in [-0.05, 0) is 0 Å². The number of rotatable bonds is 2. The molecule has 2 N–H and O–H groups in total. The molecule has 0 aromatic rings. The smallest absolute Gasteiger partial charge is 0.221 e. The number of carbonyl (C=O) groups excluding carboxylic acids is 1. The molecule has 2 heterocycles. The topological polar surface area (TPSA) is 53.6 Å². The zero-order valence-corrected chi connectivity index (χ0v) is 9.00. The summed E-state index contributed by atoms with van der Waals surface area (Å²) in [5, 5.41) is 6.19. The van der Waals surface area contributed by atoms with Crippen LogP contribution in [0.4, 0.5) is 0 Å². The van der Waals surface area contributed by atoms with E-state index in [2.05, 4.69) is 15.5 Å². The number of morpholine rings is 1. The van der Waals surface area contributed by atoms with Crippen molar-refractivity contribution in [2.24, 2.45) is 0 Å². The summed E-state index contributed by atoms with van der Waals surface area (Å²) >= 11 is 0. The third kappa shape index (κ3) is 3.44. The first kappa shape index (κ1) is 10.9. The predicted octanol–water partition coefficient (Wildman–Crippen LogP) is -1.20. The second kappa shape index (κ2) is 5.44. The van der Waals surface area contributed by atoms with E-state index >= 15 is 0 Å². The number of hydrogen-bond donors (Lipinski definition) is 2. The Balaban J connectivity index is 1.75. The lowest BCUT2D eigenvalue weighted by molar-refractivity contribution is -0.120. The van der Waals surface area contributed by atoms with E-state index in [1.54, 1.807) is 0 Å². The van der Waals surface area contributed by atoms with Crippen molar-refractivity contribution in [1.29, 1.82) is 0 Å². The second-order valence-electron chi connectivity index (χ2n) is 4.10. The highest BCUT2D eigenvalue weighted by atomic mass is 16.5. The van der Waals surface area contributed by atoms with Gasteiger partial charge >= 0.3 is 0 Å². The summed E-state index contributed by atoms with van der Waals surface area (Å²) in [6.07, 6.45) is 0.895. The molecule has 15 heavy (non-hydrogen) atoms. The maximum absolute atomic E-state index is 11.1. The quantitative estimate of drug-likeness (QED) is 0.605. The summed E-state index contributed by atoms with van der Waals surface area (Å²) in [5.41, 5.74) is 0. The van der Waals surface area contributed by atoms with Gasteiger partial charge in [0.25, 0.3) is 0 Å². The highest BCUT2D eigenvalue weighted by molar-refractivity contribution is 5.76. The average Bonchev–Trinajstić information content (AvgIpc) is 2.46. The van der Waals surface area contributed by atoms with E-state index in [0.717, 1.165) is 45.9 Å². The van der Waals surface area contributed by atoms with Gasteiger partial charge in [0.15, 0.2) is 0 Å². The van der Waals surface area contributed by atoms with Crippen molar-refractivity contribution in [1.82, 2.24) is 15.5 Å². The maximum atomic E-state index is 11.1. The highest BCUT2D eigenvalue weighted by Gasteiger charge is 2.19. The van der Waals surface area contributed by atoms with Crippen LogP contribution >= 0.6 is 0 Å². The Kier molecular flexibility index (Phi) is 3.94. The molecule has 5 heteroatoms. The monoisotopic (exact) mass is 213 g/mol. The normalized spacial score (nSPS) is 29.6. The van der Waals surface area contributed by atoms with Gasteiger partial charge in [-0.2, -0.15) is 0 Å². The van der Waals surface area contributed by atoms with Gasteiger partial charge in [-0.1, -0.05) is 0 Å². The molecule has 0 aromatic heterocycles. The van der Waals surface area contributed by atoms with Crippen molar-refractivity contribution in [3.05, 3.63) is 0 Å². The molecule has 0 aromatic carbocycles. The van der Waals surface area contributed by atoms with Gasteiger partial charge in [0.2, 0.25) is 5.91 Å². The molecule has 5 nitrogen and oxygen atoms in total. The van der Waals surface area contributed by atoms with Gasteiger partial charge in [-0.15, -0.1) is 0 Å². The lowest BCUT2D eigenvalue weighted by Gasteiger charge is -2.29. The van der Waals surface area contributed by atoms with Crippen LogP contribution in [0.15, 0.2) is 0 Å². The van der Waals surface area contributed by atoms with E-state index in [1.807, 2.05) is 0 Å². The fourth-order valence-corrected chi connectivity index (χ4v) is 2.02. The first-order valence-electron chi connectivity index (χ1n) is 5.66. The Bertz CT molecular complexity index is 217. The largest absolute Gasteiger partial charge is 0.374 e.